The quantitative estimate of drug-likeness (QED) is 0.243. The minimum absolute atomic E-state index is 0.250. The Balaban J connectivity index is 0. The minimum Gasteiger partial charge on any atom is -0.381 e. The highest BCUT2D eigenvalue weighted by Gasteiger charge is 2.42. The Kier molecular flexibility index (Phi) is 35.8. The molecule has 0 aromatic carbocycles. The van der Waals surface area contributed by atoms with E-state index in [1.54, 1.807) is 0 Å². The zero-order chi connectivity index (χ0) is 41.3. The molecule has 8 heterocycles. The Bertz CT molecular complexity index is 720. The van der Waals surface area contributed by atoms with E-state index < -0.39 is 0 Å². The van der Waals surface area contributed by atoms with Crippen LogP contribution < -0.4 is 0 Å². The van der Waals surface area contributed by atoms with E-state index in [4.69, 9.17) is 37.9 Å². The molecule has 5 atom stereocenters. The van der Waals surface area contributed by atoms with E-state index in [1.165, 1.54) is 83.5 Å². The van der Waals surface area contributed by atoms with Crippen molar-refractivity contribution in [2.75, 3.05) is 66.1 Å². The summed E-state index contributed by atoms with van der Waals surface area (Å²) in [5.74, 6) is 0. The van der Waals surface area contributed by atoms with Crippen molar-refractivity contribution in [2.24, 2.45) is 10.8 Å². The molecule has 328 valence electrons. The molecule has 0 radical (unpaired) electrons. The molecule has 2 saturated carbocycles. The van der Waals surface area contributed by atoms with E-state index in [0.717, 1.165) is 66.1 Å². The van der Waals surface area contributed by atoms with Crippen LogP contribution in [0.5, 0.6) is 0 Å². The van der Waals surface area contributed by atoms with E-state index in [0.29, 0.717) is 41.3 Å². The van der Waals surface area contributed by atoms with Crippen LogP contribution in [0.3, 0.4) is 0 Å². The highest BCUT2D eigenvalue weighted by atomic mass is 16.6. The van der Waals surface area contributed by atoms with Gasteiger partial charge in [0.25, 0.3) is 0 Å². The highest BCUT2D eigenvalue weighted by molar-refractivity contribution is 4.90. The van der Waals surface area contributed by atoms with Crippen LogP contribution >= 0.6 is 0 Å². The third-order valence-electron chi connectivity index (χ3n) is 9.45. The number of hydrogen-bond acceptors (Lipinski definition) is 8. The fourth-order valence-corrected chi connectivity index (χ4v) is 5.19. The Morgan fingerprint density at radius 2 is 0.759 bits per heavy atom. The molecule has 0 amide bonds. The van der Waals surface area contributed by atoms with Crippen molar-refractivity contribution in [2.45, 2.75) is 223 Å². The molecule has 8 nitrogen and oxygen atoms in total. The van der Waals surface area contributed by atoms with Crippen LogP contribution in [-0.2, 0) is 37.9 Å². The lowest BCUT2D eigenvalue weighted by atomic mass is 9.86. The molecule has 0 spiro atoms. The Morgan fingerprint density at radius 1 is 0.463 bits per heavy atom. The standard InChI is InChI=1S/C6H10O.C6H12O.C5H8O.2C5H10O.2C4H8O.C3H6O.4C2H6/c1-2-4-6-5(3-1)7-6;1-3-6(2)4-7-5-6;1-2-4-5(3-1)6-4;1-5(2)3-6-4-5;1-2-4-6-5-3-1;1-4(2)3-5-4;1-2-4-5-3-1;1-3-2-4-3;4*1-2/h5-6H,1-4H2;3-5H2,1-2H3;4-5H,1-3H2;3-4H2,1-2H3;1-5H2;3H2,1-2H3;1-4H2;3H,2H2,1H3;4*1-2H3. The summed E-state index contributed by atoms with van der Waals surface area (Å²) in [4.78, 5) is 0. The first kappa shape index (κ1) is 55.8. The molecule has 10 rings (SSSR count). The number of ether oxygens (including phenoxy) is 8. The fraction of sp³-hybridized carbons (Fsp3) is 1.00. The first-order valence-corrected chi connectivity index (χ1v) is 22.9. The van der Waals surface area contributed by atoms with Crippen molar-refractivity contribution in [1.29, 1.82) is 0 Å². The molecule has 0 N–H and O–H groups in total. The molecule has 2 aliphatic carbocycles. The maximum atomic E-state index is 5.28. The van der Waals surface area contributed by atoms with Crippen LogP contribution in [0.4, 0.5) is 0 Å². The number of fused-ring (bicyclic) bond motifs is 2. The topological polar surface area (TPSA) is 87.0 Å². The van der Waals surface area contributed by atoms with Gasteiger partial charge in [0.05, 0.1) is 75.8 Å². The summed E-state index contributed by atoms with van der Waals surface area (Å²) in [6, 6.07) is 0. The summed E-state index contributed by atoms with van der Waals surface area (Å²) >= 11 is 0. The summed E-state index contributed by atoms with van der Waals surface area (Å²) in [7, 11) is 0. The van der Waals surface area contributed by atoms with Gasteiger partial charge >= 0.3 is 0 Å². The molecule has 10 fully saturated rings. The van der Waals surface area contributed by atoms with Crippen molar-refractivity contribution in [3.05, 3.63) is 0 Å². The molecule has 8 heteroatoms. The van der Waals surface area contributed by atoms with Crippen LogP contribution in [0, 0.1) is 10.8 Å². The van der Waals surface area contributed by atoms with E-state index >= 15 is 0 Å². The van der Waals surface area contributed by atoms with Crippen LogP contribution in [0.2, 0.25) is 0 Å². The SMILES string of the molecule is C1CC2OC2C1.C1CCC2OC2C1.C1CCOC1.C1CCOCC1.CC.CC.CC.CC.CC1(C)CO1.CC1(C)COC1.CC1CO1.CCC1(C)COC1. The summed E-state index contributed by atoms with van der Waals surface area (Å²) < 4.78 is 40.0. The first-order chi connectivity index (χ1) is 26.0. The second kappa shape index (κ2) is 34.7. The Hall–Kier alpha value is -0.320. The Morgan fingerprint density at radius 3 is 0.870 bits per heavy atom. The van der Waals surface area contributed by atoms with E-state index in [-0.39, 0.29) is 5.60 Å². The van der Waals surface area contributed by atoms with Crippen LogP contribution in [0.15, 0.2) is 0 Å². The molecule has 10 aliphatic rings. The average Bonchev–Trinajstić information content (AvgIpc) is 4.19. The van der Waals surface area contributed by atoms with Gasteiger partial charge in [-0.3, -0.25) is 0 Å². The lowest BCUT2D eigenvalue weighted by Crippen LogP contribution is -2.38. The van der Waals surface area contributed by atoms with E-state index in [2.05, 4.69) is 48.5 Å². The summed E-state index contributed by atoms with van der Waals surface area (Å²) in [6.07, 6.45) is 20.7. The molecular formula is C46H96O8. The van der Waals surface area contributed by atoms with Gasteiger partial charge in [-0.05, 0) is 91.4 Å². The number of epoxide rings is 4. The molecule has 8 aliphatic heterocycles. The van der Waals surface area contributed by atoms with Gasteiger partial charge in [0.15, 0.2) is 0 Å². The first-order valence-electron chi connectivity index (χ1n) is 22.9. The summed E-state index contributed by atoms with van der Waals surface area (Å²) in [5.41, 5.74) is 1.29. The second-order valence-corrected chi connectivity index (χ2v) is 16.1. The smallest absolute Gasteiger partial charge is 0.0860 e. The van der Waals surface area contributed by atoms with Gasteiger partial charge in [0, 0.05) is 37.3 Å². The molecule has 5 unspecified atom stereocenters. The van der Waals surface area contributed by atoms with Gasteiger partial charge in [-0.25, -0.2) is 0 Å². The minimum atomic E-state index is 0.250. The van der Waals surface area contributed by atoms with Crippen LogP contribution in [0.1, 0.15) is 187 Å². The largest absolute Gasteiger partial charge is 0.381 e. The predicted molar refractivity (Wildman–Crippen MR) is 229 cm³/mol. The van der Waals surface area contributed by atoms with Crippen molar-refractivity contribution < 1.29 is 37.9 Å². The lowest BCUT2D eigenvalue weighted by Gasteiger charge is -2.36. The molecular weight excluding hydrogens is 680 g/mol. The normalized spacial score (nSPS) is 29.7. The second-order valence-electron chi connectivity index (χ2n) is 16.1. The molecule has 8 saturated heterocycles. The molecule has 0 aromatic heterocycles. The Labute approximate surface area is 337 Å². The van der Waals surface area contributed by atoms with Gasteiger partial charge in [-0.15, -0.1) is 0 Å². The fourth-order valence-electron chi connectivity index (χ4n) is 5.19. The average molecular weight is 777 g/mol. The zero-order valence-electron chi connectivity index (χ0n) is 38.9. The highest BCUT2D eigenvalue weighted by Crippen LogP contribution is 2.38. The van der Waals surface area contributed by atoms with Crippen LogP contribution in [0.25, 0.3) is 0 Å². The van der Waals surface area contributed by atoms with E-state index in [9.17, 15) is 0 Å². The summed E-state index contributed by atoms with van der Waals surface area (Å²) in [6.45, 7) is 40.9. The van der Waals surface area contributed by atoms with Gasteiger partial charge in [-0.2, -0.15) is 0 Å². The molecule has 0 aromatic rings. The summed E-state index contributed by atoms with van der Waals surface area (Å²) in [5, 5.41) is 0. The molecule has 54 heavy (non-hydrogen) atoms. The van der Waals surface area contributed by atoms with Gasteiger partial charge in [0.2, 0.25) is 0 Å². The van der Waals surface area contributed by atoms with Crippen molar-refractivity contribution >= 4 is 0 Å². The monoisotopic (exact) mass is 777 g/mol. The third kappa shape index (κ3) is 33.8. The lowest BCUT2D eigenvalue weighted by molar-refractivity contribution is -0.103. The third-order valence-corrected chi connectivity index (χ3v) is 9.45. The van der Waals surface area contributed by atoms with E-state index in [1.807, 2.05) is 55.4 Å². The predicted octanol–water partition coefficient (Wildman–Crippen LogP) is 12.0. The zero-order valence-corrected chi connectivity index (χ0v) is 38.9. The van der Waals surface area contributed by atoms with Gasteiger partial charge in [0.1, 0.15) is 0 Å². The van der Waals surface area contributed by atoms with Crippen molar-refractivity contribution in [1.82, 2.24) is 0 Å². The van der Waals surface area contributed by atoms with Gasteiger partial charge in [-0.1, -0.05) is 95.9 Å². The maximum Gasteiger partial charge on any atom is 0.0860 e. The van der Waals surface area contributed by atoms with Crippen molar-refractivity contribution in [3.63, 3.8) is 0 Å². The van der Waals surface area contributed by atoms with Gasteiger partial charge < -0.3 is 37.9 Å². The number of rotatable bonds is 1. The van der Waals surface area contributed by atoms with Crippen molar-refractivity contribution in [3.8, 4) is 0 Å². The maximum absolute atomic E-state index is 5.28. The van der Waals surface area contributed by atoms with Crippen LogP contribution in [-0.4, -0.2) is 102 Å². The number of hydrogen-bond donors (Lipinski definition) is 0. The molecule has 0 bridgehead atoms.